The van der Waals surface area contributed by atoms with E-state index in [2.05, 4.69) is 30.2 Å². The molecule has 1 heterocycles. The third-order valence-corrected chi connectivity index (χ3v) is 3.91. The van der Waals surface area contributed by atoms with Crippen molar-refractivity contribution in [1.29, 1.82) is 0 Å². The van der Waals surface area contributed by atoms with Crippen LogP contribution in [0, 0.1) is 11.7 Å². The molecule has 4 nitrogen and oxygen atoms in total. The highest BCUT2D eigenvalue weighted by Crippen LogP contribution is 2.31. The average molecular weight is 292 g/mol. The molecule has 0 saturated heterocycles. The van der Waals surface area contributed by atoms with Gasteiger partial charge < -0.3 is 10.3 Å². The van der Waals surface area contributed by atoms with E-state index in [4.69, 9.17) is 10.7 Å². The van der Waals surface area contributed by atoms with E-state index in [0.717, 1.165) is 11.3 Å². The molecule has 1 aromatic carbocycles. The summed E-state index contributed by atoms with van der Waals surface area (Å²) in [4.78, 5) is 6.87. The van der Waals surface area contributed by atoms with Crippen molar-refractivity contribution in [3.05, 3.63) is 29.8 Å². The fourth-order valence-electron chi connectivity index (χ4n) is 2.99. The number of halogens is 1. The highest BCUT2D eigenvalue weighted by Gasteiger charge is 2.26. The normalized spacial score (nSPS) is 15.1. The Kier molecular flexibility index (Phi) is 4.64. The van der Waals surface area contributed by atoms with Crippen LogP contribution in [0.2, 0.25) is 0 Å². The topological polar surface area (TPSA) is 47.1 Å². The van der Waals surface area contributed by atoms with Gasteiger partial charge in [-0.15, -0.1) is 0 Å². The van der Waals surface area contributed by atoms with Crippen LogP contribution < -0.4 is 5.73 Å². The fraction of sp³-hybridized carbons (Fsp3) is 0.562. The van der Waals surface area contributed by atoms with E-state index in [9.17, 15) is 4.39 Å². The van der Waals surface area contributed by atoms with E-state index in [1.165, 1.54) is 12.1 Å². The maximum atomic E-state index is 13.5. The zero-order valence-electron chi connectivity index (χ0n) is 13.5. The number of nitrogens with zero attached hydrogens (tertiary/aromatic N) is 3. The lowest BCUT2D eigenvalue weighted by atomic mass is 10.0. The van der Waals surface area contributed by atoms with Gasteiger partial charge in [0.2, 0.25) is 0 Å². The largest absolute Gasteiger partial charge is 0.328 e. The van der Waals surface area contributed by atoms with E-state index >= 15 is 0 Å². The van der Waals surface area contributed by atoms with Crippen molar-refractivity contribution in [2.75, 3.05) is 20.6 Å². The maximum absolute atomic E-state index is 13.5. The van der Waals surface area contributed by atoms with Crippen molar-refractivity contribution in [3.8, 4) is 0 Å². The van der Waals surface area contributed by atoms with Crippen molar-refractivity contribution in [2.45, 2.75) is 32.9 Å². The molecular weight excluding hydrogens is 267 g/mol. The van der Waals surface area contributed by atoms with Gasteiger partial charge in [0.25, 0.3) is 0 Å². The van der Waals surface area contributed by atoms with E-state index in [-0.39, 0.29) is 17.9 Å². The molecule has 21 heavy (non-hydrogen) atoms. The highest BCUT2D eigenvalue weighted by atomic mass is 19.1. The SMILES string of the molecule is CC(C)C(c1nc2cc(F)ccc2n1C(C)CN)N(C)C. The lowest BCUT2D eigenvalue weighted by molar-refractivity contribution is 0.217. The van der Waals surface area contributed by atoms with Crippen LogP contribution in [0.1, 0.15) is 38.7 Å². The number of rotatable bonds is 5. The standard InChI is InChI=1S/C16H25FN4/c1-10(2)15(20(4)5)16-19-13-8-12(17)6-7-14(13)21(16)11(3)9-18/h6-8,10-11,15H,9,18H2,1-5H3. The van der Waals surface area contributed by atoms with Crippen molar-refractivity contribution < 1.29 is 4.39 Å². The molecule has 0 saturated carbocycles. The summed E-state index contributed by atoms with van der Waals surface area (Å²) >= 11 is 0. The van der Waals surface area contributed by atoms with Crippen molar-refractivity contribution >= 4 is 11.0 Å². The van der Waals surface area contributed by atoms with Crippen LogP contribution in [-0.4, -0.2) is 35.1 Å². The molecule has 2 atom stereocenters. The lowest BCUT2D eigenvalue weighted by Gasteiger charge is -2.29. The van der Waals surface area contributed by atoms with Crippen LogP contribution in [0.3, 0.4) is 0 Å². The number of aromatic nitrogens is 2. The summed E-state index contributed by atoms with van der Waals surface area (Å²) in [6, 6.07) is 5.05. The Labute approximate surface area is 125 Å². The summed E-state index contributed by atoms with van der Waals surface area (Å²) in [6.45, 7) is 6.93. The van der Waals surface area contributed by atoms with Gasteiger partial charge in [0.1, 0.15) is 11.6 Å². The Morgan fingerprint density at radius 3 is 2.48 bits per heavy atom. The van der Waals surface area contributed by atoms with Crippen molar-refractivity contribution in [1.82, 2.24) is 14.5 Å². The van der Waals surface area contributed by atoms with Gasteiger partial charge in [-0.05, 0) is 39.1 Å². The van der Waals surface area contributed by atoms with Crippen LogP contribution in [0.25, 0.3) is 11.0 Å². The molecule has 116 valence electrons. The van der Waals surface area contributed by atoms with Gasteiger partial charge in [0.15, 0.2) is 0 Å². The summed E-state index contributed by atoms with van der Waals surface area (Å²) in [7, 11) is 4.09. The predicted octanol–water partition coefficient (Wildman–Crippen LogP) is 2.95. The Hall–Kier alpha value is -1.46. The quantitative estimate of drug-likeness (QED) is 0.921. The van der Waals surface area contributed by atoms with Crippen molar-refractivity contribution in [2.24, 2.45) is 11.7 Å². The summed E-state index contributed by atoms with van der Waals surface area (Å²) in [6.07, 6.45) is 0. The molecule has 0 aliphatic heterocycles. The fourth-order valence-corrected chi connectivity index (χ4v) is 2.99. The minimum Gasteiger partial charge on any atom is -0.328 e. The molecule has 2 unspecified atom stereocenters. The van der Waals surface area contributed by atoms with Crippen LogP contribution in [0.15, 0.2) is 18.2 Å². The van der Waals surface area contributed by atoms with E-state index < -0.39 is 0 Å². The molecular formula is C16H25FN4. The molecule has 2 rings (SSSR count). The number of hydrogen-bond acceptors (Lipinski definition) is 3. The smallest absolute Gasteiger partial charge is 0.127 e. The molecule has 2 aromatic rings. The van der Waals surface area contributed by atoms with Gasteiger partial charge in [-0.2, -0.15) is 0 Å². The van der Waals surface area contributed by atoms with Crippen LogP contribution >= 0.6 is 0 Å². The summed E-state index contributed by atoms with van der Waals surface area (Å²) in [5.41, 5.74) is 7.50. The van der Waals surface area contributed by atoms with Gasteiger partial charge in [-0.3, -0.25) is 4.90 Å². The maximum Gasteiger partial charge on any atom is 0.127 e. The molecule has 0 radical (unpaired) electrons. The average Bonchev–Trinajstić information content (AvgIpc) is 2.74. The summed E-state index contributed by atoms with van der Waals surface area (Å²) in [5.74, 6) is 1.09. The van der Waals surface area contributed by atoms with Crippen LogP contribution in [0.4, 0.5) is 4.39 Å². The molecule has 0 spiro atoms. The second-order valence-corrected chi connectivity index (χ2v) is 6.21. The molecule has 2 N–H and O–H groups in total. The second kappa shape index (κ2) is 6.12. The predicted molar refractivity (Wildman–Crippen MR) is 84.7 cm³/mol. The minimum absolute atomic E-state index is 0.122. The molecule has 1 aromatic heterocycles. The number of benzene rings is 1. The van der Waals surface area contributed by atoms with E-state index in [0.29, 0.717) is 18.0 Å². The van der Waals surface area contributed by atoms with Gasteiger partial charge in [0, 0.05) is 18.7 Å². The Morgan fingerprint density at radius 1 is 1.29 bits per heavy atom. The second-order valence-electron chi connectivity index (χ2n) is 6.21. The highest BCUT2D eigenvalue weighted by molar-refractivity contribution is 5.76. The first-order chi connectivity index (χ1) is 9.86. The molecule has 0 amide bonds. The minimum atomic E-state index is -0.259. The Bertz CT molecular complexity index is 610. The number of fused-ring (bicyclic) bond motifs is 1. The van der Waals surface area contributed by atoms with Gasteiger partial charge >= 0.3 is 0 Å². The molecule has 0 aliphatic rings. The first-order valence-electron chi connectivity index (χ1n) is 7.40. The van der Waals surface area contributed by atoms with Gasteiger partial charge in [-0.1, -0.05) is 13.8 Å². The zero-order valence-corrected chi connectivity index (χ0v) is 13.5. The number of nitrogens with two attached hydrogens (primary N) is 1. The molecule has 0 aliphatic carbocycles. The van der Waals surface area contributed by atoms with E-state index in [1.54, 1.807) is 6.07 Å². The first-order valence-corrected chi connectivity index (χ1v) is 7.40. The van der Waals surface area contributed by atoms with Crippen LogP contribution in [-0.2, 0) is 0 Å². The lowest BCUT2D eigenvalue weighted by Crippen LogP contribution is -2.29. The third-order valence-electron chi connectivity index (χ3n) is 3.91. The number of imidazole rings is 1. The third kappa shape index (κ3) is 2.94. The molecule has 0 fully saturated rings. The summed E-state index contributed by atoms with van der Waals surface area (Å²) in [5, 5.41) is 0. The zero-order chi connectivity index (χ0) is 15.7. The molecule has 0 bridgehead atoms. The van der Waals surface area contributed by atoms with Crippen molar-refractivity contribution in [3.63, 3.8) is 0 Å². The number of hydrogen-bond donors (Lipinski definition) is 1. The Morgan fingerprint density at radius 2 is 1.95 bits per heavy atom. The summed E-state index contributed by atoms with van der Waals surface area (Å²) < 4.78 is 15.6. The Balaban J connectivity index is 2.71. The van der Waals surface area contributed by atoms with Crippen LogP contribution in [0.5, 0.6) is 0 Å². The van der Waals surface area contributed by atoms with E-state index in [1.807, 2.05) is 14.1 Å². The molecule has 5 heteroatoms. The monoisotopic (exact) mass is 292 g/mol. The first kappa shape index (κ1) is 15.9. The van der Waals surface area contributed by atoms with Gasteiger partial charge in [0.05, 0.1) is 17.1 Å². The van der Waals surface area contributed by atoms with Gasteiger partial charge in [-0.25, -0.2) is 9.37 Å².